The SMILES string of the molecule is CCC=C1NC(=O)NC(c2cccc([N+](=O)[O-])c2)C1C(=O)OCC. The number of esters is 1. The van der Waals surface area contributed by atoms with Gasteiger partial charge < -0.3 is 15.4 Å². The first-order valence-corrected chi connectivity index (χ1v) is 7.66. The fourth-order valence-electron chi connectivity index (χ4n) is 2.65. The monoisotopic (exact) mass is 333 g/mol. The third-order valence-electron chi connectivity index (χ3n) is 3.62. The number of allylic oxidation sites excluding steroid dienone is 1. The highest BCUT2D eigenvalue weighted by molar-refractivity contribution is 5.85. The highest BCUT2D eigenvalue weighted by atomic mass is 16.6. The van der Waals surface area contributed by atoms with Crippen molar-refractivity contribution < 1.29 is 19.2 Å². The number of nitrogens with zero attached hydrogens (tertiary/aromatic N) is 1. The number of nitro benzene ring substituents is 1. The summed E-state index contributed by atoms with van der Waals surface area (Å²) in [5, 5.41) is 16.3. The molecule has 1 fully saturated rings. The topological polar surface area (TPSA) is 111 Å². The zero-order valence-corrected chi connectivity index (χ0v) is 13.4. The third-order valence-corrected chi connectivity index (χ3v) is 3.62. The second-order valence-corrected chi connectivity index (χ2v) is 5.23. The lowest BCUT2D eigenvalue weighted by molar-refractivity contribution is -0.384. The Balaban J connectivity index is 2.47. The predicted octanol–water partition coefficient (Wildman–Crippen LogP) is 2.42. The Hall–Kier alpha value is -2.90. The van der Waals surface area contributed by atoms with Gasteiger partial charge in [-0.15, -0.1) is 0 Å². The summed E-state index contributed by atoms with van der Waals surface area (Å²) in [6.45, 7) is 3.77. The molecule has 0 saturated carbocycles. The number of amides is 2. The Morgan fingerprint density at radius 1 is 1.42 bits per heavy atom. The summed E-state index contributed by atoms with van der Waals surface area (Å²) in [5.74, 6) is -1.29. The number of hydrogen-bond acceptors (Lipinski definition) is 5. The first-order chi connectivity index (χ1) is 11.5. The lowest BCUT2D eigenvalue weighted by Crippen LogP contribution is -2.51. The van der Waals surface area contributed by atoms with Crippen LogP contribution < -0.4 is 10.6 Å². The van der Waals surface area contributed by atoms with Gasteiger partial charge in [-0.25, -0.2) is 4.79 Å². The van der Waals surface area contributed by atoms with Gasteiger partial charge in [0, 0.05) is 17.8 Å². The van der Waals surface area contributed by atoms with E-state index < -0.39 is 28.9 Å². The number of urea groups is 1. The number of rotatable bonds is 5. The van der Waals surface area contributed by atoms with E-state index in [9.17, 15) is 19.7 Å². The Kier molecular flexibility index (Phi) is 5.51. The van der Waals surface area contributed by atoms with Crippen molar-refractivity contribution in [3.63, 3.8) is 0 Å². The molecule has 24 heavy (non-hydrogen) atoms. The van der Waals surface area contributed by atoms with E-state index in [1.165, 1.54) is 18.2 Å². The number of nitro groups is 1. The maximum Gasteiger partial charge on any atom is 0.319 e. The summed E-state index contributed by atoms with van der Waals surface area (Å²) < 4.78 is 5.12. The minimum atomic E-state index is -0.787. The number of benzene rings is 1. The molecule has 0 aromatic heterocycles. The standard InChI is InChI=1S/C16H19N3O5/c1-3-6-12-13(15(20)24-4-2)14(18-16(21)17-12)10-7-5-8-11(9-10)19(22)23/h5-9,13-14H,3-4H2,1-2H3,(H2,17,18,21). The predicted molar refractivity (Wildman–Crippen MR) is 86.0 cm³/mol. The Bertz CT molecular complexity index is 686. The molecule has 0 spiro atoms. The van der Waals surface area contributed by atoms with Crippen LogP contribution in [0.15, 0.2) is 36.0 Å². The number of nitrogens with one attached hydrogen (secondary N) is 2. The van der Waals surface area contributed by atoms with Gasteiger partial charge in [-0.05, 0) is 18.9 Å². The van der Waals surface area contributed by atoms with Crippen molar-refractivity contribution in [2.75, 3.05) is 6.61 Å². The molecule has 8 heteroatoms. The van der Waals surface area contributed by atoms with E-state index in [1.54, 1.807) is 19.1 Å². The molecule has 8 nitrogen and oxygen atoms in total. The summed E-state index contributed by atoms with van der Waals surface area (Å²) >= 11 is 0. The van der Waals surface area contributed by atoms with Crippen LogP contribution in [0.1, 0.15) is 31.9 Å². The van der Waals surface area contributed by atoms with Crippen molar-refractivity contribution >= 4 is 17.7 Å². The number of carbonyl (C=O) groups is 2. The smallest absolute Gasteiger partial charge is 0.319 e. The first kappa shape index (κ1) is 17.5. The second kappa shape index (κ2) is 7.58. The molecule has 2 N–H and O–H groups in total. The van der Waals surface area contributed by atoms with Gasteiger partial charge in [0.2, 0.25) is 0 Å². The van der Waals surface area contributed by atoms with E-state index in [2.05, 4.69) is 10.6 Å². The molecule has 1 aliphatic rings. The molecule has 1 saturated heterocycles. The minimum absolute atomic E-state index is 0.107. The summed E-state index contributed by atoms with van der Waals surface area (Å²) in [6.07, 6.45) is 2.36. The lowest BCUT2D eigenvalue weighted by atomic mass is 9.88. The van der Waals surface area contributed by atoms with Crippen LogP contribution >= 0.6 is 0 Å². The van der Waals surface area contributed by atoms with Crippen LogP contribution in [0.5, 0.6) is 0 Å². The first-order valence-electron chi connectivity index (χ1n) is 7.66. The molecule has 1 aliphatic heterocycles. The largest absolute Gasteiger partial charge is 0.465 e. The average molecular weight is 333 g/mol. The number of carbonyl (C=O) groups excluding carboxylic acids is 2. The molecular formula is C16H19N3O5. The molecule has 1 heterocycles. The quantitative estimate of drug-likeness (QED) is 0.488. The molecule has 2 rings (SSSR count). The minimum Gasteiger partial charge on any atom is -0.465 e. The van der Waals surface area contributed by atoms with E-state index in [1.807, 2.05) is 6.92 Å². The van der Waals surface area contributed by atoms with Crippen molar-refractivity contribution in [1.29, 1.82) is 0 Å². The number of hydrogen-bond donors (Lipinski definition) is 2. The second-order valence-electron chi connectivity index (χ2n) is 5.23. The average Bonchev–Trinajstić information content (AvgIpc) is 2.55. The van der Waals surface area contributed by atoms with E-state index in [0.717, 1.165) is 0 Å². The maximum atomic E-state index is 12.4. The number of non-ortho nitro benzene ring substituents is 1. The molecule has 2 atom stereocenters. The van der Waals surface area contributed by atoms with Gasteiger partial charge >= 0.3 is 12.0 Å². The molecule has 0 radical (unpaired) electrons. The van der Waals surface area contributed by atoms with Gasteiger partial charge in [0.25, 0.3) is 5.69 Å². The summed E-state index contributed by atoms with van der Waals surface area (Å²) in [6, 6.07) is 4.66. The van der Waals surface area contributed by atoms with E-state index in [0.29, 0.717) is 17.7 Å². The van der Waals surface area contributed by atoms with Crippen LogP contribution in [0.3, 0.4) is 0 Å². The van der Waals surface area contributed by atoms with Gasteiger partial charge in [-0.2, -0.15) is 0 Å². The van der Waals surface area contributed by atoms with E-state index >= 15 is 0 Å². The summed E-state index contributed by atoms with van der Waals surface area (Å²) in [4.78, 5) is 34.8. The molecular weight excluding hydrogens is 314 g/mol. The Morgan fingerprint density at radius 3 is 2.79 bits per heavy atom. The Labute approximate surface area is 139 Å². The molecule has 2 unspecified atom stereocenters. The maximum absolute atomic E-state index is 12.4. The van der Waals surface area contributed by atoms with Crippen molar-refractivity contribution in [3.8, 4) is 0 Å². The van der Waals surface area contributed by atoms with Gasteiger partial charge in [0.05, 0.1) is 17.6 Å². The molecule has 1 aromatic carbocycles. The highest BCUT2D eigenvalue weighted by Crippen LogP contribution is 2.32. The molecule has 128 valence electrons. The fourth-order valence-corrected chi connectivity index (χ4v) is 2.65. The van der Waals surface area contributed by atoms with E-state index in [4.69, 9.17) is 4.74 Å². The fraction of sp³-hybridized carbons (Fsp3) is 0.375. The summed E-state index contributed by atoms with van der Waals surface area (Å²) in [7, 11) is 0. The van der Waals surface area contributed by atoms with Crippen LogP contribution in [0, 0.1) is 16.0 Å². The van der Waals surface area contributed by atoms with Crippen LogP contribution in [0.25, 0.3) is 0 Å². The van der Waals surface area contributed by atoms with Crippen LogP contribution in [-0.2, 0) is 9.53 Å². The van der Waals surface area contributed by atoms with Crippen LogP contribution in [-0.4, -0.2) is 23.5 Å². The van der Waals surface area contributed by atoms with Crippen molar-refractivity contribution in [2.45, 2.75) is 26.3 Å². The van der Waals surface area contributed by atoms with Crippen molar-refractivity contribution in [1.82, 2.24) is 10.6 Å². The highest BCUT2D eigenvalue weighted by Gasteiger charge is 2.39. The van der Waals surface area contributed by atoms with Crippen molar-refractivity contribution in [2.24, 2.45) is 5.92 Å². The van der Waals surface area contributed by atoms with Gasteiger partial charge in [0.1, 0.15) is 5.92 Å². The molecule has 2 amide bonds. The number of ether oxygens (including phenoxy) is 1. The third kappa shape index (κ3) is 3.70. The van der Waals surface area contributed by atoms with E-state index in [-0.39, 0.29) is 12.3 Å². The van der Waals surface area contributed by atoms with Gasteiger partial charge in [-0.3, -0.25) is 14.9 Å². The molecule has 0 bridgehead atoms. The Morgan fingerprint density at radius 2 is 2.17 bits per heavy atom. The van der Waals surface area contributed by atoms with Gasteiger partial charge in [0.15, 0.2) is 0 Å². The zero-order valence-electron chi connectivity index (χ0n) is 13.4. The van der Waals surface area contributed by atoms with Crippen LogP contribution in [0.4, 0.5) is 10.5 Å². The van der Waals surface area contributed by atoms with Crippen molar-refractivity contribution in [3.05, 3.63) is 51.7 Å². The molecule has 1 aromatic rings. The van der Waals surface area contributed by atoms with Crippen LogP contribution in [0.2, 0.25) is 0 Å². The normalized spacial score (nSPS) is 21.8. The lowest BCUT2D eigenvalue weighted by Gasteiger charge is -2.33. The molecule has 0 aliphatic carbocycles. The van der Waals surface area contributed by atoms with Gasteiger partial charge in [-0.1, -0.05) is 25.1 Å². The summed E-state index contributed by atoms with van der Waals surface area (Å²) in [5.41, 5.74) is 0.805. The zero-order chi connectivity index (χ0) is 17.7.